The van der Waals surface area contributed by atoms with Crippen LogP contribution in [0.25, 0.3) is 0 Å². The zero-order chi connectivity index (χ0) is 17.4. The lowest BCUT2D eigenvalue weighted by atomic mass is 10.2. The molecule has 23 heavy (non-hydrogen) atoms. The number of nitrogens with one attached hydrogen (secondary N) is 1. The number of halogens is 3. The van der Waals surface area contributed by atoms with Gasteiger partial charge in [-0.3, -0.25) is 4.79 Å². The Morgan fingerprint density at radius 3 is 2.52 bits per heavy atom. The minimum atomic E-state index is -0.901. The molecule has 6 nitrogen and oxygen atoms in total. The molecule has 0 bridgehead atoms. The van der Waals surface area contributed by atoms with Crippen molar-refractivity contribution in [2.75, 3.05) is 18.9 Å². The van der Waals surface area contributed by atoms with Gasteiger partial charge in [0.05, 0.1) is 10.7 Å². The second-order valence-corrected chi connectivity index (χ2v) is 5.89. The van der Waals surface area contributed by atoms with Crippen LogP contribution in [0, 0.1) is 0 Å². The van der Waals surface area contributed by atoms with E-state index < -0.39 is 18.5 Å². The van der Waals surface area contributed by atoms with Gasteiger partial charge in [0.2, 0.25) is 0 Å². The summed E-state index contributed by atoms with van der Waals surface area (Å²) in [6, 6.07) is 0. The van der Waals surface area contributed by atoms with Crippen molar-refractivity contribution in [3.63, 3.8) is 0 Å². The van der Waals surface area contributed by atoms with Crippen LogP contribution in [0.15, 0.2) is 0 Å². The fourth-order valence-electron chi connectivity index (χ4n) is 1.70. The number of anilines is 1. The molecule has 1 rings (SSSR count). The molecule has 0 aromatic carbocycles. The predicted molar refractivity (Wildman–Crippen MR) is 91.1 cm³/mol. The molecule has 1 aromatic rings. The van der Waals surface area contributed by atoms with Gasteiger partial charge < -0.3 is 15.8 Å². The molecule has 9 heteroatoms. The first-order valence-electron chi connectivity index (χ1n) is 7.12. The fourth-order valence-corrected chi connectivity index (χ4v) is 2.28. The van der Waals surface area contributed by atoms with Crippen LogP contribution in [0.1, 0.15) is 43.1 Å². The Bertz CT molecular complexity index is 582. The van der Waals surface area contributed by atoms with E-state index in [0.717, 1.165) is 25.7 Å². The minimum Gasteiger partial charge on any atom is -0.451 e. The molecule has 0 aliphatic heterocycles. The number of rotatable bonds is 8. The lowest BCUT2D eigenvalue weighted by molar-refractivity contribution is -0.124. The summed E-state index contributed by atoms with van der Waals surface area (Å²) < 4.78 is 4.84. The van der Waals surface area contributed by atoms with E-state index in [1.807, 2.05) is 0 Å². The maximum Gasteiger partial charge on any atom is 0.359 e. The van der Waals surface area contributed by atoms with E-state index in [1.165, 1.54) is 0 Å². The van der Waals surface area contributed by atoms with Gasteiger partial charge in [-0.2, -0.15) is 0 Å². The number of hydrogen-bond donors (Lipinski definition) is 2. The number of hydrogen-bond acceptors (Lipinski definition) is 5. The smallest absolute Gasteiger partial charge is 0.359 e. The summed E-state index contributed by atoms with van der Waals surface area (Å²) in [5.41, 5.74) is 5.26. The van der Waals surface area contributed by atoms with Crippen LogP contribution in [0.3, 0.4) is 0 Å². The maximum atomic E-state index is 11.9. The molecule has 1 amide bonds. The number of ether oxygens (including phenoxy) is 1. The zero-order valence-corrected chi connectivity index (χ0v) is 14.9. The summed E-state index contributed by atoms with van der Waals surface area (Å²) in [6.07, 6.45) is 4.16. The van der Waals surface area contributed by atoms with Gasteiger partial charge in [0.1, 0.15) is 5.02 Å². The highest BCUT2D eigenvalue weighted by molar-refractivity contribution is 6.46. The van der Waals surface area contributed by atoms with Crippen molar-refractivity contribution in [1.82, 2.24) is 10.3 Å². The standard InChI is InChI=1S/C14H18Cl3N3O3/c1-2-3-4-5-6-19-8(21)7-23-14(22)12-9(15)11(18)10(16)13(17)20-12/h2-7H2,1H3,(H2,18,20)(H,19,21). The first-order chi connectivity index (χ1) is 10.9. The summed E-state index contributed by atoms with van der Waals surface area (Å²) in [4.78, 5) is 27.2. The molecular formula is C14H18Cl3N3O3. The highest BCUT2D eigenvalue weighted by Gasteiger charge is 2.21. The van der Waals surface area contributed by atoms with Gasteiger partial charge in [-0.1, -0.05) is 61.0 Å². The SMILES string of the molecule is CCCCCCNC(=O)COC(=O)c1nc(Cl)c(Cl)c(N)c1Cl. The van der Waals surface area contributed by atoms with Crippen LogP contribution in [0.4, 0.5) is 5.69 Å². The molecule has 0 aliphatic rings. The molecule has 0 fully saturated rings. The Labute approximate surface area is 149 Å². The fraction of sp³-hybridized carbons (Fsp3) is 0.500. The number of amides is 1. The molecule has 128 valence electrons. The van der Waals surface area contributed by atoms with E-state index in [1.54, 1.807) is 0 Å². The van der Waals surface area contributed by atoms with E-state index in [9.17, 15) is 9.59 Å². The number of aromatic nitrogens is 1. The summed E-state index contributed by atoms with van der Waals surface area (Å²) >= 11 is 17.4. The monoisotopic (exact) mass is 381 g/mol. The lowest BCUT2D eigenvalue weighted by Crippen LogP contribution is -2.29. The van der Waals surface area contributed by atoms with Gasteiger partial charge in [0.15, 0.2) is 17.5 Å². The van der Waals surface area contributed by atoms with E-state index in [-0.39, 0.29) is 26.6 Å². The Hall–Kier alpha value is -1.24. The number of carbonyl (C=O) groups excluding carboxylic acids is 2. The molecule has 0 unspecified atom stereocenters. The van der Waals surface area contributed by atoms with Gasteiger partial charge in [-0.25, -0.2) is 9.78 Å². The van der Waals surface area contributed by atoms with E-state index in [0.29, 0.717) is 6.54 Å². The Kier molecular flexibility index (Phi) is 8.44. The predicted octanol–water partition coefficient (Wildman–Crippen LogP) is 3.48. The molecule has 0 radical (unpaired) electrons. The Morgan fingerprint density at radius 2 is 1.87 bits per heavy atom. The van der Waals surface area contributed by atoms with E-state index in [2.05, 4.69) is 17.2 Å². The van der Waals surface area contributed by atoms with Crippen molar-refractivity contribution in [2.45, 2.75) is 32.6 Å². The zero-order valence-electron chi connectivity index (χ0n) is 12.6. The average Bonchev–Trinajstić information content (AvgIpc) is 2.53. The second kappa shape index (κ2) is 9.80. The third-order valence-corrected chi connectivity index (χ3v) is 4.09. The van der Waals surface area contributed by atoms with Crippen LogP contribution in [0.2, 0.25) is 15.2 Å². The van der Waals surface area contributed by atoms with Crippen LogP contribution < -0.4 is 11.1 Å². The summed E-state index contributed by atoms with van der Waals surface area (Å²) in [7, 11) is 0. The van der Waals surface area contributed by atoms with Crippen molar-refractivity contribution in [3.8, 4) is 0 Å². The third kappa shape index (κ3) is 6.05. The largest absolute Gasteiger partial charge is 0.451 e. The summed E-state index contributed by atoms with van der Waals surface area (Å²) in [5.74, 6) is -1.31. The quantitative estimate of drug-likeness (QED) is 0.408. The summed E-state index contributed by atoms with van der Waals surface area (Å²) in [6.45, 7) is 2.20. The lowest BCUT2D eigenvalue weighted by Gasteiger charge is -2.09. The second-order valence-electron chi connectivity index (χ2n) is 4.78. The Morgan fingerprint density at radius 1 is 1.17 bits per heavy atom. The molecule has 1 aromatic heterocycles. The van der Waals surface area contributed by atoms with Crippen molar-refractivity contribution in [1.29, 1.82) is 0 Å². The van der Waals surface area contributed by atoms with Crippen LogP contribution in [-0.4, -0.2) is 30.0 Å². The topological polar surface area (TPSA) is 94.3 Å². The molecule has 0 atom stereocenters. The maximum absolute atomic E-state index is 11.9. The molecule has 0 saturated carbocycles. The minimum absolute atomic E-state index is 0.0435. The van der Waals surface area contributed by atoms with Crippen LogP contribution in [-0.2, 0) is 9.53 Å². The molecular weight excluding hydrogens is 365 g/mol. The number of unbranched alkanes of at least 4 members (excludes halogenated alkanes) is 3. The van der Waals surface area contributed by atoms with Crippen LogP contribution >= 0.6 is 34.8 Å². The van der Waals surface area contributed by atoms with E-state index >= 15 is 0 Å². The van der Waals surface area contributed by atoms with Gasteiger partial charge in [0.25, 0.3) is 5.91 Å². The first-order valence-corrected chi connectivity index (χ1v) is 8.25. The third-order valence-electron chi connectivity index (χ3n) is 2.95. The summed E-state index contributed by atoms with van der Waals surface area (Å²) in [5, 5.41) is 2.28. The molecule has 0 aliphatic carbocycles. The molecule has 0 spiro atoms. The normalized spacial score (nSPS) is 10.4. The average molecular weight is 383 g/mol. The van der Waals surface area contributed by atoms with Gasteiger partial charge in [-0.15, -0.1) is 0 Å². The van der Waals surface area contributed by atoms with Crippen molar-refractivity contribution in [3.05, 3.63) is 20.9 Å². The highest BCUT2D eigenvalue weighted by Crippen LogP contribution is 2.34. The number of esters is 1. The van der Waals surface area contributed by atoms with Gasteiger partial charge >= 0.3 is 5.97 Å². The Balaban J connectivity index is 2.50. The van der Waals surface area contributed by atoms with Gasteiger partial charge in [0, 0.05) is 6.54 Å². The van der Waals surface area contributed by atoms with Crippen molar-refractivity contribution in [2.24, 2.45) is 0 Å². The number of carbonyl (C=O) groups is 2. The molecule has 3 N–H and O–H groups in total. The van der Waals surface area contributed by atoms with Crippen molar-refractivity contribution >= 4 is 52.4 Å². The molecule has 0 saturated heterocycles. The van der Waals surface area contributed by atoms with Crippen molar-refractivity contribution < 1.29 is 14.3 Å². The number of nitrogen functional groups attached to an aromatic ring is 1. The number of pyridine rings is 1. The van der Waals surface area contributed by atoms with E-state index in [4.69, 9.17) is 45.3 Å². The van der Waals surface area contributed by atoms with Crippen LogP contribution in [0.5, 0.6) is 0 Å². The number of nitrogens with zero attached hydrogens (tertiary/aromatic N) is 1. The first kappa shape index (κ1) is 19.8. The van der Waals surface area contributed by atoms with Gasteiger partial charge in [-0.05, 0) is 6.42 Å². The molecule has 1 heterocycles. The highest BCUT2D eigenvalue weighted by atomic mass is 35.5. The number of nitrogens with two attached hydrogens (primary N) is 1.